The van der Waals surface area contributed by atoms with Gasteiger partial charge in [0.15, 0.2) is 0 Å². The summed E-state index contributed by atoms with van der Waals surface area (Å²) in [6, 6.07) is 11.0. The molecule has 1 aromatic heterocycles. The van der Waals surface area contributed by atoms with E-state index in [1.807, 2.05) is 18.2 Å². The highest BCUT2D eigenvalue weighted by Gasteiger charge is 2.42. The maximum Gasteiger partial charge on any atom is 0.0961 e. The lowest BCUT2D eigenvalue weighted by molar-refractivity contribution is 0.0487. The fourth-order valence-electron chi connectivity index (χ4n) is 3.20. The van der Waals surface area contributed by atoms with E-state index in [0.29, 0.717) is 6.42 Å². The third-order valence-corrected chi connectivity index (χ3v) is 5.38. The summed E-state index contributed by atoms with van der Waals surface area (Å²) in [7, 11) is 0. The standard InChI is InChI=1S/C17H20N2OS/c20-17(8-9-19(12-17)14-6-7-14)10-16-18-15(11-21-16)13-4-2-1-3-5-13/h1-5,11,14,20H,6-10,12H2. The molecule has 2 aliphatic rings. The number of thiazole rings is 1. The minimum Gasteiger partial charge on any atom is -0.388 e. The molecular formula is C17H20N2OS. The van der Waals surface area contributed by atoms with Crippen LogP contribution in [0.25, 0.3) is 11.3 Å². The molecule has 1 aromatic carbocycles. The Labute approximate surface area is 129 Å². The van der Waals surface area contributed by atoms with Crippen molar-refractivity contribution in [3.63, 3.8) is 0 Å². The number of hydrogen-bond acceptors (Lipinski definition) is 4. The van der Waals surface area contributed by atoms with Crippen molar-refractivity contribution in [3.05, 3.63) is 40.7 Å². The van der Waals surface area contributed by atoms with Crippen LogP contribution in [-0.4, -0.2) is 39.7 Å². The van der Waals surface area contributed by atoms with Crippen LogP contribution >= 0.6 is 11.3 Å². The second-order valence-corrected chi connectivity index (χ2v) is 7.29. The minimum absolute atomic E-state index is 0.575. The van der Waals surface area contributed by atoms with Crippen molar-refractivity contribution in [2.75, 3.05) is 13.1 Å². The summed E-state index contributed by atoms with van der Waals surface area (Å²) >= 11 is 1.67. The van der Waals surface area contributed by atoms with Gasteiger partial charge in [-0.2, -0.15) is 0 Å². The van der Waals surface area contributed by atoms with E-state index >= 15 is 0 Å². The van der Waals surface area contributed by atoms with Crippen LogP contribution in [-0.2, 0) is 6.42 Å². The number of aliphatic hydroxyl groups is 1. The van der Waals surface area contributed by atoms with Crippen LogP contribution in [0.15, 0.2) is 35.7 Å². The average Bonchev–Trinajstić information content (AvgIpc) is 3.13. The molecule has 0 amide bonds. The van der Waals surface area contributed by atoms with Gasteiger partial charge in [0.2, 0.25) is 0 Å². The van der Waals surface area contributed by atoms with E-state index in [-0.39, 0.29) is 0 Å². The first kappa shape index (κ1) is 13.4. The quantitative estimate of drug-likeness (QED) is 0.943. The molecule has 2 fully saturated rings. The Balaban J connectivity index is 1.46. The highest BCUT2D eigenvalue weighted by molar-refractivity contribution is 7.09. The number of nitrogens with zero attached hydrogens (tertiary/aromatic N) is 2. The van der Waals surface area contributed by atoms with Gasteiger partial charge in [0.05, 0.1) is 16.3 Å². The Morgan fingerprint density at radius 2 is 2.10 bits per heavy atom. The predicted octanol–water partition coefficient (Wildman–Crippen LogP) is 2.95. The van der Waals surface area contributed by atoms with Gasteiger partial charge in [-0.05, 0) is 19.3 Å². The Hall–Kier alpha value is -1.23. The SMILES string of the molecule is OC1(Cc2nc(-c3ccccc3)cs2)CCN(C2CC2)C1. The van der Waals surface area contributed by atoms with Crippen LogP contribution < -0.4 is 0 Å². The number of hydrogen-bond donors (Lipinski definition) is 1. The van der Waals surface area contributed by atoms with Crippen LogP contribution in [0.4, 0.5) is 0 Å². The average molecular weight is 300 g/mol. The van der Waals surface area contributed by atoms with E-state index in [2.05, 4.69) is 22.4 Å². The van der Waals surface area contributed by atoms with Gasteiger partial charge in [-0.1, -0.05) is 30.3 Å². The van der Waals surface area contributed by atoms with Crippen LogP contribution in [0.3, 0.4) is 0 Å². The second kappa shape index (κ2) is 5.20. The van der Waals surface area contributed by atoms with Crippen molar-refractivity contribution < 1.29 is 5.11 Å². The molecule has 1 aliphatic heterocycles. The van der Waals surface area contributed by atoms with Gasteiger partial charge in [-0.15, -0.1) is 11.3 Å². The van der Waals surface area contributed by atoms with Crippen LogP contribution in [0.5, 0.6) is 0 Å². The Morgan fingerprint density at radius 1 is 1.29 bits per heavy atom. The number of β-amino-alcohol motifs (C(OH)–C–C–N with tert-alkyl or cyclic N) is 1. The maximum absolute atomic E-state index is 10.8. The Kier molecular flexibility index (Phi) is 3.32. The van der Waals surface area contributed by atoms with Gasteiger partial charge in [0.1, 0.15) is 0 Å². The minimum atomic E-state index is -0.575. The second-order valence-electron chi connectivity index (χ2n) is 6.35. The van der Waals surface area contributed by atoms with Crippen molar-refractivity contribution in [3.8, 4) is 11.3 Å². The third-order valence-electron chi connectivity index (χ3n) is 4.53. The molecule has 4 rings (SSSR count). The number of benzene rings is 1. The van der Waals surface area contributed by atoms with E-state index < -0.39 is 5.60 Å². The fourth-order valence-corrected chi connectivity index (χ4v) is 4.14. The lowest BCUT2D eigenvalue weighted by Crippen LogP contribution is -2.36. The number of likely N-dealkylation sites (tertiary alicyclic amines) is 1. The number of aromatic nitrogens is 1. The van der Waals surface area contributed by atoms with Crippen LogP contribution in [0, 0.1) is 0 Å². The highest BCUT2D eigenvalue weighted by Crippen LogP contribution is 2.35. The molecule has 2 heterocycles. The van der Waals surface area contributed by atoms with Gasteiger partial charge in [0, 0.05) is 36.5 Å². The van der Waals surface area contributed by atoms with Crippen LogP contribution in [0.2, 0.25) is 0 Å². The van der Waals surface area contributed by atoms with Gasteiger partial charge < -0.3 is 5.11 Å². The van der Waals surface area contributed by atoms with E-state index in [0.717, 1.165) is 41.8 Å². The smallest absolute Gasteiger partial charge is 0.0961 e. The molecule has 2 aromatic rings. The first-order valence-electron chi connectivity index (χ1n) is 7.68. The third kappa shape index (κ3) is 2.89. The molecule has 1 saturated carbocycles. The zero-order chi connectivity index (χ0) is 14.3. The number of rotatable bonds is 4. The van der Waals surface area contributed by atoms with Gasteiger partial charge >= 0.3 is 0 Å². The highest BCUT2D eigenvalue weighted by atomic mass is 32.1. The Bertz CT molecular complexity index is 623. The fraction of sp³-hybridized carbons (Fsp3) is 0.471. The van der Waals surface area contributed by atoms with Crippen molar-refractivity contribution in [2.45, 2.75) is 37.3 Å². The summed E-state index contributed by atoms with van der Waals surface area (Å²) in [5, 5.41) is 13.9. The van der Waals surface area contributed by atoms with E-state index in [9.17, 15) is 5.11 Å². The van der Waals surface area contributed by atoms with Gasteiger partial charge in [-0.3, -0.25) is 4.90 Å². The lowest BCUT2D eigenvalue weighted by Gasteiger charge is -2.22. The maximum atomic E-state index is 10.8. The molecular weight excluding hydrogens is 280 g/mol. The summed E-state index contributed by atoms with van der Waals surface area (Å²) < 4.78 is 0. The summed E-state index contributed by atoms with van der Waals surface area (Å²) in [4.78, 5) is 7.16. The molecule has 1 saturated heterocycles. The zero-order valence-corrected chi connectivity index (χ0v) is 12.9. The normalized spacial score (nSPS) is 26.3. The summed E-state index contributed by atoms with van der Waals surface area (Å²) in [6.07, 6.45) is 4.19. The largest absolute Gasteiger partial charge is 0.388 e. The monoisotopic (exact) mass is 300 g/mol. The molecule has 0 spiro atoms. The molecule has 0 radical (unpaired) electrons. The molecule has 1 atom stereocenters. The van der Waals surface area contributed by atoms with Gasteiger partial charge in [-0.25, -0.2) is 4.98 Å². The van der Waals surface area contributed by atoms with E-state index in [4.69, 9.17) is 4.98 Å². The summed E-state index contributed by atoms with van der Waals surface area (Å²) in [5.74, 6) is 0. The first-order chi connectivity index (χ1) is 10.2. The molecule has 1 unspecified atom stereocenters. The lowest BCUT2D eigenvalue weighted by atomic mass is 9.99. The van der Waals surface area contributed by atoms with Crippen molar-refractivity contribution in [1.82, 2.24) is 9.88 Å². The topological polar surface area (TPSA) is 36.4 Å². The summed E-state index contributed by atoms with van der Waals surface area (Å²) in [6.45, 7) is 1.86. The molecule has 110 valence electrons. The van der Waals surface area contributed by atoms with E-state index in [1.165, 1.54) is 12.8 Å². The predicted molar refractivity (Wildman–Crippen MR) is 85.4 cm³/mol. The van der Waals surface area contributed by atoms with Crippen molar-refractivity contribution >= 4 is 11.3 Å². The van der Waals surface area contributed by atoms with Crippen LogP contribution in [0.1, 0.15) is 24.3 Å². The zero-order valence-electron chi connectivity index (χ0n) is 12.0. The molecule has 1 aliphatic carbocycles. The van der Waals surface area contributed by atoms with E-state index in [1.54, 1.807) is 11.3 Å². The summed E-state index contributed by atoms with van der Waals surface area (Å²) in [5.41, 5.74) is 1.60. The van der Waals surface area contributed by atoms with Crippen molar-refractivity contribution in [2.24, 2.45) is 0 Å². The first-order valence-corrected chi connectivity index (χ1v) is 8.56. The molecule has 1 N–H and O–H groups in total. The molecule has 3 nitrogen and oxygen atoms in total. The molecule has 0 bridgehead atoms. The van der Waals surface area contributed by atoms with Gasteiger partial charge in [0.25, 0.3) is 0 Å². The molecule has 4 heteroatoms. The van der Waals surface area contributed by atoms with Crippen molar-refractivity contribution in [1.29, 1.82) is 0 Å². The Morgan fingerprint density at radius 3 is 2.86 bits per heavy atom. The molecule has 21 heavy (non-hydrogen) atoms.